The van der Waals surface area contributed by atoms with Crippen molar-refractivity contribution in [3.05, 3.63) is 139 Å². The van der Waals surface area contributed by atoms with E-state index in [1.807, 2.05) is 97.1 Å². The Labute approximate surface area is 259 Å². The second kappa shape index (κ2) is 9.75. The summed E-state index contributed by atoms with van der Waals surface area (Å²) in [6.45, 7) is 0. The molecule has 9 aromatic rings. The molecule has 0 aliphatic rings. The molecular weight excluding hydrogens is 542 g/mol. The van der Waals surface area contributed by atoms with Crippen molar-refractivity contribution in [2.24, 2.45) is 0 Å². The van der Waals surface area contributed by atoms with Crippen LogP contribution in [0.3, 0.4) is 0 Å². The van der Waals surface area contributed by atoms with Gasteiger partial charge in [0, 0.05) is 38.2 Å². The smallest absolute Gasteiger partial charge is 0.164 e. The van der Waals surface area contributed by atoms with Crippen LogP contribution < -0.4 is 0 Å². The molecule has 0 fully saturated rings. The summed E-state index contributed by atoms with van der Waals surface area (Å²) in [5.74, 6) is 1.46. The van der Waals surface area contributed by atoms with Gasteiger partial charge >= 0.3 is 0 Å². The van der Waals surface area contributed by atoms with E-state index in [1.165, 1.54) is 0 Å². The summed E-state index contributed by atoms with van der Waals surface area (Å²) in [4.78, 5) is 15.0. The highest BCUT2D eigenvalue weighted by atomic mass is 16.3. The predicted molar refractivity (Wildman–Crippen MR) is 176 cm³/mol. The van der Waals surface area contributed by atoms with E-state index in [2.05, 4.69) is 0 Å². The minimum Gasteiger partial charge on any atom is -0.456 e. The lowest BCUT2D eigenvalue weighted by atomic mass is 10.0. The molecule has 0 atom stereocenters. The zero-order valence-electron chi connectivity index (χ0n) is 28.1. The summed E-state index contributed by atoms with van der Waals surface area (Å²) in [6, 6.07) is 32.8. The molecule has 5 heteroatoms. The van der Waals surface area contributed by atoms with E-state index in [4.69, 9.17) is 30.6 Å². The van der Waals surface area contributed by atoms with Crippen LogP contribution in [-0.4, -0.2) is 15.0 Å². The van der Waals surface area contributed by atoms with Crippen molar-refractivity contribution >= 4 is 43.9 Å². The van der Waals surface area contributed by atoms with Gasteiger partial charge in [-0.2, -0.15) is 0 Å². The molecule has 206 valence electrons. The molecule has 0 unspecified atom stereocenters. The number of hydrogen-bond donors (Lipinski definition) is 0. The maximum absolute atomic E-state index is 8.47. The summed E-state index contributed by atoms with van der Waals surface area (Å²) in [5.41, 5.74) is 5.57. The highest BCUT2D eigenvalue weighted by Gasteiger charge is 2.20. The Morgan fingerprint density at radius 2 is 1.02 bits per heavy atom. The molecule has 0 saturated carbocycles. The van der Waals surface area contributed by atoms with Crippen molar-refractivity contribution in [3.63, 3.8) is 0 Å². The minimum atomic E-state index is -0.433. The van der Waals surface area contributed by atoms with Gasteiger partial charge in [-0.05, 0) is 41.5 Å². The highest BCUT2D eigenvalue weighted by Crippen LogP contribution is 2.40. The SMILES string of the molecule is [2H]c1c([2H])c([2H])c(-c2ccc3c(c2)oc2cccc(-c4nc(-c5ccccc5)nc(-c5cccc6oc7ccccc7c56)n4)c23)c([2H])c1[2H]. The zero-order chi connectivity index (χ0) is 33.4. The molecule has 6 aromatic carbocycles. The molecule has 0 amide bonds. The number of furan rings is 2. The van der Waals surface area contributed by atoms with Gasteiger partial charge in [0.2, 0.25) is 0 Å². The lowest BCUT2D eigenvalue weighted by Crippen LogP contribution is -2.00. The van der Waals surface area contributed by atoms with Crippen LogP contribution in [-0.2, 0) is 0 Å². The van der Waals surface area contributed by atoms with Crippen LogP contribution >= 0.6 is 0 Å². The van der Waals surface area contributed by atoms with Crippen molar-refractivity contribution < 1.29 is 15.7 Å². The van der Waals surface area contributed by atoms with Gasteiger partial charge in [0.1, 0.15) is 22.3 Å². The minimum absolute atomic E-state index is 0.115. The monoisotopic (exact) mass is 570 g/mol. The van der Waals surface area contributed by atoms with Gasteiger partial charge in [-0.3, -0.25) is 0 Å². The normalized spacial score (nSPS) is 13.2. The Balaban J connectivity index is 1.28. The van der Waals surface area contributed by atoms with Crippen molar-refractivity contribution in [3.8, 4) is 45.3 Å². The van der Waals surface area contributed by atoms with E-state index in [1.54, 1.807) is 12.1 Å². The number of benzene rings is 6. The summed E-state index contributed by atoms with van der Waals surface area (Å²) in [5, 5.41) is 3.44. The number of fused-ring (bicyclic) bond motifs is 6. The maximum Gasteiger partial charge on any atom is 0.164 e. The van der Waals surface area contributed by atoms with Gasteiger partial charge in [-0.25, -0.2) is 15.0 Å². The van der Waals surface area contributed by atoms with Gasteiger partial charge < -0.3 is 8.83 Å². The summed E-state index contributed by atoms with van der Waals surface area (Å²) >= 11 is 0. The van der Waals surface area contributed by atoms with Crippen LogP contribution in [0.5, 0.6) is 0 Å². The van der Waals surface area contributed by atoms with E-state index in [-0.39, 0.29) is 29.7 Å². The van der Waals surface area contributed by atoms with E-state index in [0.717, 1.165) is 49.4 Å². The number of aromatic nitrogens is 3. The molecule has 0 N–H and O–H groups in total. The highest BCUT2D eigenvalue weighted by molar-refractivity contribution is 6.13. The number of rotatable bonds is 4. The Morgan fingerprint density at radius 3 is 1.75 bits per heavy atom. The lowest BCUT2D eigenvalue weighted by Gasteiger charge is -2.10. The first-order valence-electron chi connectivity index (χ1n) is 16.6. The van der Waals surface area contributed by atoms with Gasteiger partial charge in [0.15, 0.2) is 17.5 Å². The molecule has 0 aliphatic carbocycles. The fourth-order valence-electron chi connectivity index (χ4n) is 5.86. The molecule has 0 spiro atoms. The van der Waals surface area contributed by atoms with Crippen molar-refractivity contribution in [1.82, 2.24) is 15.0 Å². The molecule has 5 nitrogen and oxygen atoms in total. The largest absolute Gasteiger partial charge is 0.456 e. The average molecular weight is 571 g/mol. The fraction of sp³-hybridized carbons (Fsp3) is 0. The first-order valence-corrected chi connectivity index (χ1v) is 14.1. The molecule has 3 heterocycles. The first-order chi connectivity index (χ1) is 23.9. The molecule has 0 bridgehead atoms. The Bertz CT molecular complexity index is 2760. The third-order valence-electron chi connectivity index (χ3n) is 7.84. The van der Waals surface area contributed by atoms with E-state index < -0.39 is 6.04 Å². The van der Waals surface area contributed by atoms with Crippen LogP contribution in [0.4, 0.5) is 0 Å². The molecular formula is C39H23N3O2. The van der Waals surface area contributed by atoms with E-state index in [0.29, 0.717) is 34.2 Å². The summed E-state index contributed by atoms with van der Waals surface area (Å²) in [7, 11) is 0. The van der Waals surface area contributed by atoms with Crippen LogP contribution in [0.2, 0.25) is 0 Å². The molecule has 3 aromatic heterocycles. The Kier molecular flexibility index (Phi) is 4.42. The second-order valence-corrected chi connectivity index (χ2v) is 10.4. The fourth-order valence-corrected chi connectivity index (χ4v) is 5.86. The quantitative estimate of drug-likeness (QED) is 0.211. The number of hydrogen-bond acceptors (Lipinski definition) is 5. The van der Waals surface area contributed by atoms with Crippen LogP contribution in [0.25, 0.3) is 89.2 Å². The molecule has 44 heavy (non-hydrogen) atoms. The number of nitrogens with zero attached hydrogens (tertiary/aromatic N) is 3. The van der Waals surface area contributed by atoms with Crippen molar-refractivity contribution in [1.29, 1.82) is 0 Å². The third kappa shape index (κ3) is 3.91. The Hall–Kier alpha value is -6.07. The summed E-state index contributed by atoms with van der Waals surface area (Å²) in [6.07, 6.45) is 0. The average Bonchev–Trinajstić information content (AvgIpc) is 3.71. The lowest BCUT2D eigenvalue weighted by molar-refractivity contribution is 0.668. The van der Waals surface area contributed by atoms with Gasteiger partial charge in [-0.1, -0.05) is 109 Å². The van der Waals surface area contributed by atoms with Crippen molar-refractivity contribution in [2.75, 3.05) is 0 Å². The first kappa shape index (κ1) is 19.9. The second-order valence-electron chi connectivity index (χ2n) is 10.4. The standard InChI is InChI=1S/C39H23N3O2/c1-3-11-24(12-4-1)26-21-22-28-34(23-26)44-33-20-10-17-30(36(28)33)39-41-37(25-13-5-2-6-14-25)40-38(42-39)29-16-9-19-32-35(29)27-15-7-8-18-31(27)43-32/h1-23H/i1D,3D,4D,11D,12D. The van der Waals surface area contributed by atoms with Gasteiger partial charge in [-0.15, -0.1) is 0 Å². The predicted octanol–water partition coefficient (Wildman–Crippen LogP) is 10.3. The molecule has 0 radical (unpaired) electrons. The van der Waals surface area contributed by atoms with Gasteiger partial charge in [0.25, 0.3) is 0 Å². The van der Waals surface area contributed by atoms with E-state index in [9.17, 15) is 0 Å². The van der Waals surface area contributed by atoms with E-state index >= 15 is 0 Å². The van der Waals surface area contributed by atoms with Gasteiger partial charge in [0.05, 0.1) is 6.85 Å². The Morgan fingerprint density at radius 1 is 0.432 bits per heavy atom. The molecule has 9 rings (SSSR count). The molecule has 0 saturated heterocycles. The number of para-hydroxylation sites is 1. The summed E-state index contributed by atoms with van der Waals surface area (Å²) < 4.78 is 53.7. The maximum atomic E-state index is 8.47. The van der Waals surface area contributed by atoms with Crippen LogP contribution in [0.1, 0.15) is 6.85 Å². The van der Waals surface area contributed by atoms with Crippen LogP contribution in [0, 0.1) is 0 Å². The molecule has 0 aliphatic heterocycles. The van der Waals surface area contributed by atoms with Crippen LogP contribution in [0.15, 0.2) is 148 Å². The topological polar surface area (TPSA) is 65.0 Å². The van der Waals surface area contributed by atoms with Crippen molar-refractivity contribution in [2.45, 2.75) is 0 Å². The zero-order valence-corrected chi connectivity index (χ0v) is 23.1. The third-order valence-corrected chi connectivity index (χ3v) is 7.84.